The highest BCUT2D eigenvalue weighted by Crippen LogP contribution is 2.16. The highest BCUT2D eigenvalue weighted by Gasteiger charge is 2.11. The first kappa shape index (κ1) is 14.5. The first-order valence-corrected chi connectivity index (χ1v) is 5.89. The van der Waals surface area contributed by atoms with Gasteiger partial charge >= 0.3 is 5.97 Å². The van der Waals surface area contributed by atoms with Crippen LogP contribution >= 0.6 is 0 Å². The van der Waals surface area contributed by atoms with Crippen LogP contribution in [0.4, 0.5) is 5.69 Å². The van der Waals surface area contributed by atoms with Crippen molar-refractivity contribution in [3.63, 3.8) is 0 Å². The minimum atomic E-state index is -0.822. The van der Waals surface area contributed by atoms with Crippen LogP contribution in [0.1, 0.15) is 22.8 Å². The summed E-state index contributed by atoms with van der Waals surface area (Å²) in [6.07, 6.45) is -0.822. The molecule has 0 aromatic heterocycles. The molecular formula is C13H19NO4. The normalized spacial score (nSPS) is 12.0. The average Bonchev–Trinajstić information content (AvgIpc) is 2.37. The van der Waals surface area contributed by atoms with E-state index in [-0.39, 0.29) is 19.1 Å². The number of ether oxygens (including phenoxy) is 1. The van der Waals surface area contributed by atoms with E-state index in [0.717, 1.165) is 5.56 Å². The summed E-state index contributed by atoms with van der Waals surface area (Å²) >= 11 is 0. The van der Waals surface area contributed by atoms with E-state index in [1.54, 1.807) is 19.1 Å². The standard InChI is InChI=1S/C13H19NO4/c1-3-18-13(17)12-6-10(5-4-9(12)2)14-7-11(16)8-15/h4-6,11,14-16H,3,7-8H2,1-2H3. The van der Waals surface area contributed by atoms with Crippen LogP contribution < -0.4 is 5.32 Å². The van der Waals surface area contributed by atoms with Crippen molar-refractivity contribution in [2.75, 3.05) is 25.1 Å². The molecule has 0 aliphatic heterocycles. The topological polar surface area (TPSA) is 78.8 Å². The molecule has 5 nitrogen and oxygen atoms in total. The van der Waals surface area contributed by atoms with E-state index >= 15 is 0 Å². The summed E-state index contributed by atoms with van der Waals surface area (Å²) in [6, 6.07) is 5.29. The molecule has 0 fully saturated rings. The summed E-state index contributed by atoms with van der Waals surface area (Å²) in [4.78, 5) is 11.7. The first-order chi connectivity index (χ1) is 8.58. The Balaban J connectivity index is 2.77. The highest BCUT2D eigenvalue weighted by atomic mass is 16.5. The van der Waals surface area contributed by atoms with Crippen LogP contribution in [0.15, 0.2) is 18.2 Å². The minimum absolute atomic E-state index is 0.224. The summed E-state index contributed by atoms with van der Waals surface area (Å²) in [5.41, 5.74) is 2.04. The second-order valence-corrected chi connectivity index (χ2v) is 3.97. The van der Waals surface area contributed by atoms with E-state index in [9.17, 15) is 9.90 Å². The SMILES string of the molecule is CCOC(=O)c1cc(NCC(O)CO)ccc1C. The molecule has 0 radical (unpaired) electrons. The highest BCUT2D eigenvalue weighted by molar-refractivity contribution is 5.92. The van der Waals surface area contributed by atoms with Gasteiger partial charge in [-0.1, -0.05) is 6.07 Å². The van der Waals surface area contributed by atoms with Crippen molar-refractivity contribution >= 4 is 11.7 Å². The number of carbonyl (C=O) groups is 1. The van der Waals surface area contributed by atoms with Crippen molar-refractivity contribution in [3.05, 3.63) is 29.3 Å². The Labute approximate surface area is 106 Å². The maximum Gasteiger partial charge on any atom is 0.338 e. The number of aryl methyl sites for hydroxylation is 1. The molecule has 0 aliphatic rings. The average molecular weight is 253 g/mol. The fourth-order valence-corrected chi connectivity index (χ4v) is 1.46. The molecule has 0 bridgehead atoms. The van der Waals surface area contributed by atoms with Crippen LogP contribution in [-0.2, 0) is 4.74 Å². The van der Waals surface area contributed by atoms with Crippen molar-refractivity contribution in [1.29, 1.82) is 0 Å². The second kappa shape index (κ2) is 6.98. The molecule has 0 spiro atoms. The van der Waals surface area contributed by atoms with Gasteiger partial charge in [-0.3, -0.25) is 0 Å². The number of esters is 1. The van der Waals surface area contributed by atoms with Gasteiger partial charge in [0.1, 0.15) is 0 Å². The van der Waals surface area contributed by atoms with E-state index in [1.807, 2.05) is 13.0 Å². The number of aliphatic hydroxyl groups is 2. The summed E-state index contributed by atoms with van der Waals surface area (Å²) in [5, 5.41) is 20.9. The van der Waals surface area contributed by atoms with Gasteiger partial charge in [-0.2, -0.15) is 0 Å². The third-order valence-electron chi connectivity index (χ3n) is 2.49. The fraction of sp³-hybridized carbons (Fsp3) is 0.462. The van der Waals surface area contributed by atoms with Crippen molar-refractivity contribution in [2.24, 2.45) is 0 Å². The van der Waals surface area contributed by atoms with E-state index in [1.165, 1.54) is 0 Å². The summed E-state index contributed by atoms with van der Waals surface area (Å²) < 4.78 is 4.95. The lowest BCUT2D eigenvalue weighted by molar-refractivity contribution is 0.0525. The van der Waals surface area contributed by atoms with E-state index in [0.29, 0.717) is 17.9 Å². The van der Waals surface area contributed by atoms with Crippen LogP contribution in [0, 0.1) is 6.92 Å². The van der Waals surface area contributed by atoms with Crippen molar-refractivity contribution in [2.45, 2.75) is 20.0 Å². The molecule has 5 heteroatoms. The molecule has 0 aliphatic carbocycles. The minimum Gasteiger partial charge on any atom is -0.462 e. The van der Waals surface area contributed by atoms with Crippen LogP contribution in [0.5, 0.6) is 0 Å². The van der Waals surface area contributed by atoms with Gasteiger partial charge in [0.2, 0.25) is 0 Å². The third-order valence-corrected chi connectivity index (χ3v) is 2.49. The van der Waals surface area contributed by atoms with Crippen LogP contribution in [0.25, 0.3) is 0 Å². The third kappa shape index (κ3) is 4.01. The molecule has 1 atom stereocenters. The number of hydrogen-bond donors (Lipinski definition) is 3. The van der Waals surface area contributed by atoms with Crippen LogP contribution in [-0.4, -0.2) is 42.0 Å². The lowest BCUT2D eigenvalue weighted by Gasteiger charge is -2.12. The van der Waals surface area contributed by atoms with Gasteiger partial charge in [-0.15, -0.1) is 0 Å². The van der Waals surface area contributed by atoms with Crippen molar-refractivity contribution in [1.82, 2.24) is 0 Å². The largest absolute Gasteiger partial charge is 0.462 e. The lowest BCUT2D eigenvalue weighted by atomic mass is 10.1. The molecule has 1 aromatic carbocycles. The quantitative estimate of drug-likeness (QED) is 0.657. The van der Waals surface area contributed by atoms with E-state index < -0.39 is 6.10 Å². The maximum absolute atomic E-state index is 11.7. The van der Waals surface area contributed by atoms with Gasteiger partial charge in [-0.05, 0) is 31.5 Å². The molecule has 18 heavy (non-hydrogen) atoms. The lowest BCUT2D eigenvalue weighted by Crippen LogP contribution is -2.23. The van der Waals surface area contributed by atoms with E-state index in [4.69, 9.17) is 9.84 Å². The fourth-order valence-electron chi connectivity index (χ4n) is 1.46. The van der Waals surface area contributed by atoms with Gasteiger partial charge in [0.25, 0.3) is 0 Å². The Morgan fingerprint density at radius 3 is 2.83 bits per heavy atom. The Hall–Kier alpha value is -1.59. The summed E-state index contributed by atoms with van der Waals surface area (Å²) in [7, 11) is 0. The van der Waals surface area contributed by atoms with Gasteiger partial charge in [0, 0.05) is 12.2 Å². The number of aliphatic hydroxyl groups excluding tert-OH is 2. The zero-order valence-electron chi connectivity index (χ0n) is 10.6. The Morgan fingerprint density at radius 2 is 2.22 bits per heavy atom. The molecular weight excluding hydrogens is 234 g/mol. The molecule has 0 saturated heterocycles. The molecule has 0 heterocycles. The molecule has 0 amide bonds. The Kier molecular flexibility index (Phi) is 5.61. The first-order valence-electron chi connectivity index (χ1n) is 5.89. The predicted molar refractivity (Wildman–Crippen MR) is 68.7 cm³/mol. The number of anilines is 1. The molecule has 3 N–H and O–H groups in total. The van der Waals surface area contributed by atoms with Crippen LogP contribution in [0.3, 0.4) is 0 Å². The molecule has 1 aromatic rings. The zero-order chi connectivity index (χ0) is 13.5. The van der Waals surface area contributed by atoms with Gasteiger partial charge in [-0.25, -0.2) is 4.79 Å². The smallest absolute Gasteiger partial charge is 0.338 e. The monoisotopic (exact) mass is 253 g/mol. The summed E-state index contributed by atoms with van der Waals surface area (Å²) in [6.45, 7) is 3.84. The van der Waals surface area contributed by atoms with Crippen LogP contribution in [0.2, 0.25) is 0 Å². The maximum atomic E-state index is 11.7. The number of rotatable bonds is 6. The van der Waals surface area contributed by atoms with Crippen molar-refractivity contribution < 1.29 is 19.7 Å². The van der Waals surface area contributed by atoms with E-state index in [2.05, 4.69) is 5.32 Å². The number of benzene rings is 1. The second-order valence-electron chi connectivity index (χ2n) is 3.97. The van der Waals surface area contributed by atoms with Gasteiger partial charge < -0.3 is 20.3 Å². The Morgan fingerprint density at radius 1 is 1.50 bits per heavy atom. The molecule has 0 saturated carbocycles. The van der Waals surface area contributed by atoms with Gasteiger partial charge in [0.05, 0.1) is 24.9 Å². The molecule has 1 unspecified atom stereocenters. The predicted octanol–water partition coefficient (Wildman–Crippen LogP) is 0.937. The number of nitrogens with one attached hydrogen (secondary N) is 1. The number of hydrogen-bond acceptors (Lipinski definition) is 5. The number of carbonyl (C=O) groups excluding carboxylic acids is 1. The molecule has 1 rings (SSSR count). The van der Waals surface area contributed by atoms with Gasteiger partial charge in [0.15, 0.2) is 0 Å². The van der Waals surface area contributed by atoms with Crippen molar-refractivity contribution in [3.8, 4) is 0 Å². The summed E-state index contributed by atoms with van der Waals surface area (Å²) in [5.74, 6) is -0.360. The zero-order valence-corrected chi connectivity index (χ0v) is 10.6. The Bertz CT molecular complexity index is 406. The molecule has 100 valence electrons.